The van der Waals surface area contributed by atoms with Gasteiger partial charge in [-0.05, 0) is 82.3 Å². The van der Waals surface area contributed by atoms with Gasteiger partial charge in [-0.3, -0.25) is 9.59 Å². The average molecular weight is 531 g/mol. The first-order valence-electron chi connectivity index (χ1n) is 13.9. The van der Waals surface area contributed by atoms with E-state index in [1.54, 1.807) is 0 Å². The van der Waals surface area contributed by atoms with Crippen molar-refractivity contribution >= 4 is 11.7 Å². The molecule has 1 aromatic rings. The normalized spacial score (nSPS) is 26.4. The number of fused-ring (bicyclic) bond motifs is 3. The maximum Gasteiger partial charge on any atom is 0.252 e. The molecule has 1 fully saturated rings. The highest BCUT2D eigenvalue weighted by molar-refractivity contribution is 6.12. The van der Waals surface area contributed by atoms with Crippen LogP contribution in [0.2, 0.25) is 0 Å². The summed E-state index contributed by atoms with van der Waals surface area (Å²) in [5.74, 6) is 4.52. The number of carbonyl (C=O) groups excluding carboxylic acids is 2. The molecule has 0 heterocycles. The van der Waals surface area contributed by atoms with Crippen LogP contribution in [0, 0.1) is 29.6 Å². The molecule has 7 heteroatoms. The first-order valence-corrected chi connectivity index (χ1v) is 13.9. The van der Waals surface area contributed by atoms with E-state index in [-0.39, 0.29) is 47.4 Å². The molecule has 1 saturated carbocycles. The SMILES string of the molecule is C=C1C(C(N)=O)=C(O)C[C@@H]2CC3Cc4ccc(CCCN(C)C)cc4C(=O)C3=C(O)[C@]12OCC#CC1CCC1. The summed E-state index contributed by atoms with van der Waals surface area (Å²) >= 11 is 0. The highest BCUT2D eigenvalue weighted by Gasteiger charge is 2.58. The molecule has 206 valence electrons. The van der Waals surface area contributed by atoms with Gasteiger partial charge >= 0.3 is 0 Å². The monoisotopic (exact) mass is 530 g/mol. The molecule has 1 amide bonds. The van der Waals surface area contributed by atoms with Gasteiger partial charge in [0.1, 0.15) is 18.1 Å². The number of nitrogens with zero attached hydrogens (tertiary/aromatic N) is 1. The van der Waals surface area contributed by atoms with Crippen LogP contribution < -0.4 is 5.73 Å². The fraction of sp³-hybridized carbons (Fsp3) is 0.500. The predicted molar refractivity (Wildman–Crippen MR) is 149 cm³/mol. The van der Waals surface area contributed by atoms with Gasteiger partial charge in [0.05, 0.1) is 5.57 Å². The first-order chi connectivity index (χ1) is 18.6. The number of hydrogen-bond donors (Lipinski definition) is 3. The Kier molecular flexibility index (Phi) is 7.45. The zero-order valence-electron chi connectivity index (χ0n) is 22.9. The van der Waals surface area contributed by atoms with Gasteiger partial charge in [0, 0.05) is 35.0 Å². The minimum absolute atomic E-state index is 0.00162. The third-order valence-corrected chi connectivity index (χ3v) is 8.87. The molecule has 1 unspecified atom stereocenters. The molecule has 5 rings (SSSR count). The van der Waals surface area contributed by atoms with E-state index in [9.17, 15) is 19.8 Å². The molecular weight excluding hydrogens is 492 g/mol. The fourth-order valence-electron chi connectivity index (χ4n) is 6.64. The zero-order chi connectivity index (χ0) is 27.9. The van der Waals surface area contributed by atoms with Gasteiger partial charge in [-0.25, -0.2) is 0 Å². The molecule has 3 atom stereocenters. The van der Waals surface area contributed by atoms with Gasteiger partial charge in [0.15, 0.2) is 11.4 Å². The van der Waals surface area contributed by atoms with Gasteiger partial charge < -0.3 is 25.6 Å². The molecule has 7 nitrogen and oxygen atoms in total. The van der Waals surface area contributed by atoms with Crippen molar-refractivity contribution in [3.63, 3.8) is 0 Å². The Labute approximate surface area is 230 Å². The summed E-state index contributed by atoms with van der Waals surface area (Å²) in [7, 11) is 4.08. The topological polar surface area (TPSA) is 113 Å². The van der Waals surface area contributed by atoms with Crippen LogP contribution in [0.25, 0.3) is 0 Å². The quantitative estimate of drug-likeness (QED) is 0.456. The van der Waals surface area contributed by atoms with Crippen LogP contribution >= 0.6 is 0 Å². The first kappa shape index (κ1) is 27.2. The number of amides is 1. The number of rotatable bonds is 7. The lowest BCUT2D eigenvalue weighted by Crippen LogP contribution is -2.54. The van der Waals surface area contributed by atoms with Crippen molar-refractivity contribution in [2.75, 3.05) is 27.2 Å². The lowest BCUT2D eigenvalue weighted by atomic mass is 9.59. The lowest BCUT2D eigenvalue weighted by molar-refractivity contribution is -0.116. The van der Waals surface area contributed by atoms with E-state index in [0.29, 0.717) is 29.9 Å². The van der Waals surface area contributed by atoms with E-state index in [1.165, 1.54) is 6.42 Å². The second-order valence-corrected chi connectivity index (χ2v) is 11.7. The fourth-order valence-corrected chi connectivity index (χ4v) is 6.64. The van der Waals surface area contributed by atoms with Crippen molar-refractivity contribution in [3.8, 4) is 11.8 Å². The van der Waals surface area contributed by atoms with Crippen molar-refractivity contribution in [3.05, 3.63) is 69.7 Å². The molecule has 39 heavy (non-hydrogen) atoms. The second-order valence-electron chi connectivity index (χ2n) is 11.7. The second kappa shape index (κ2) is 10.7. The number of aliphatic hydroxyl groups is 2. The minimum atomic E-state index is -1.55. The number of nitrogens with two attached hydrogens (primary N) is 1. The summed E-state index contributed by atoms with van der Waals surface area (Å²) in [6, 6.07) is 6.07. The number of Topliss-reactive ketones (excluding diaryl/α,β-unsaturated/α-hetero) is 1. The standard InChI is InChI=1S/C32H38N2O5/c1-19-27(31(33)38)26(35)18-24-17-23-16-22-12-11-21(9-5-13-34(2)3)15-25(22)29(36)28(23)30(37)32(19,24)39-14-6-10-20-7-4-8-20/h11-12,15,20,23-24,35,37H,1,4-5,7-9,13-14,16-18H2,2-3H3,(H2,33,38)/t23?,24-,32-/m0/s1. The van der Waals surface area contributed by atoms with E-state index in [2.05, 4.69) is 29.4 Å². The van der Waals surface area contributed by atoms with Gasteiger partial charge in [-0.15, -0.1) is 0 Å². The third-order valence-electron chi connectivity index (χ3n) is 8.87. The highest BCUT2D eigenvalue weighted by atomic mass is 16.5. The van der Waals surface area contributed by atoms with Crippen LogP contribution in [-0.4, -0.2) is 59.7 Å². The molecule has 4 N–H and O–H groups in total. The van der Waals surface area contributed by atoms with E-state index >= 15 is 0 Å². The smallest absolute Gasteiger partial charge is 0.252 e. The maximum absolute atomic E-state index is 14.0. The highest BCUT2D eigenvalue weighted by Crippen LogP contribution is 2.55. The van der Waals surface area contributed by atoms with Crippen molar-refractivity contribution in [1.29, 1.82) is 0 Å². The Hall–Kier alpha value is -3.34. The number of allylic oxidation sites excluding steroid dienone is 2. The van der Waals surface area contributed by atoms with E-state index in [4.69, 9.17) is 10.5 Å². The Morgan fingerprint density at radius 3 is 2.69 bits per heavy atom. The number of aryl methyl sites for hydroxylation is 1. The molecule has 0 saturated heterocycles. The molecule has 0 aromatic heterocycles. The molecule has 0 radical (unpaired) electrons. The number of hydrogen-bond acceptors (Lipinski definition) is 6. The average Bonchev–Trinajstić information content (AvgIpc) is 2.83. The van der Waals surface area contributed by atoms with Gasteiger partial charge in [0.25, 0.3) is 5.91 Å². The largest absolute Gasteiger partial charge is 0.511 e. The van der Waals surface area contributed by atoms with Crippen LogP contribution in [0.3, 0.4) is 0 Å². The van der Waals surface area contributed by atoms with Crippen molar-refractivity contribution < 1.29 is 24.5 Å². The maximum atomic E-state index is 14.0. The van der Waals surface area contributed by atoms with Crippen molar-refractivity contribution in [1.82, 2.24) is 4.90 Å². The van der Waals surface area contributed by atoms with E-state index < -0.39 is 17.4 Å². The Balaban J connectivity index is 1.53. The minimum Gasteiger partial charge on any atom is -0.511 e. The summed E-state index contributed by atoms with van der Waals surface area (Å²) in [4.78, 5) is 28.4. The lowest BCUT2D eigenvalue weighted by Gasteiger charge is -2.50. The summed E-state index contributed by atoms with van der Waals surface area (Å²) in [6.07, 6.45) is 6.31. The van der Waals surface area contributed by atoms with Crippen LogP contribution in [-0.2, 0) is 22.4 Å². The molecule has 4 aliphatic rings. The van der Waals surface area contributed by atoms with E-state index in [0.717, 1.165) is 43.4 Å². The van der Waals surface area contributed by atoms with Gasteiger partial charge in [0.2, 0.25) is 0 Å². The molecule has 0 aliphatic heterocycles. The predicted octanol–water partition coefficient (Wildman–Crippen LogP) is 4.18. The number of benzene rings is 1. The number of carbonyl (C=O) groups is 2. The van der Waals surface area contributed by atoms with Crippen LogP contribution in [0.5, 0.6) is 0 Å². The Morgan fingerprint density at radius 1 is 1.26 bits per heavy atom. The van der Waals surface area contributed by atoms with Gasteiger partial charge in [-0.1, -0.05) is 37.0 Å². The van der Waals surface area contributed by atoms with Crippen LogP contribution in [0.1, 0.15) is 60.0 Å². The number of aliphatic hydroxyl groups excluding tert-OH is 2. The van der Waals surface area contributed by atoms with Crippen molar-refractivity contribution in [2.45, 2.75) is 57.0 Å². The molecule has 4 aliphatic carbocycles. The summed E-state index contributed by atoms with van der Waals surface area (Å²) in [5, 5.41) is 22.6. The summed E-state index contributed by atoms with van der Waals surface area (Å²) in [6.45, 7) is 5.04. The van der Waals surface area contributed by atoms with E-state index in [1.807, 2.05) is 26.2 Å². The van der Waals surface area contributed by atoms with Crippen LogP contribution in [0.15, 0.2) is 53.0 Å². The number of primary amides is 1. The Morgan fingerprint density at radius 2 is 2.03 bits per heavy atom. The number of ether oxygens (including phenoxy) is 1. The third kappa shape index (κ3) is 4.81. The number of ketones is 1. The zero-order valence-corrected chi connectivity index (χ0v) is 22.9. The molecular formula is C32H38N2O5. The molecule has 0 spiro atoms. The van der Waals surface area contributed by atoms with Crippen LogP contribution in [0.4, 0.5) is 0 Å². The van der Waals surface area contributed by atoms with Crippen molar-refractivity contribution in [2.24, 2.45) is 23.5 Å². The Bertz CT molecular complexity index is 1340. The molecule has 1 aromatic carbocycles. The summed E-state index contributed by atoms with van der Waals surface area (Å²) in [5.41, 5.74) is 6.98. The molecule has 0 bridgehead atoms. The van der Waals surface area contributed by atoms with Gasteiger partial charge in [-0.2, -0.15) is 0 Å². The summed E-state index contributed by atoms with van der Waals surface area (Å²) < 4.78 is 6.34.